The summed E-state index contributed by atoms with van der Waals surface area (Å²) in [4.78, 5) is 0. The Balaban J connectivity index is 0. The van der Waals surface area contributed by atoms with Gasteiger partial charge in [-0.15, -0.1) is 0 Å². The molecule has 0 bridgehead atoms. The van der Waals surface area contributed by atoms with Crippen molar-refractivity contribution in [2.24, 2.45) is 0 Å². The van der Waals surface area contributed by atoms with E-state index in [1.165, 1.54) is 29.6 Å². The van der Waals surface area contributed by atoms with Gasteiger partial charge in [-0.25, -0.2) is 10.6 Å². The molecule has 1 fully saturated rings. The summed E-state index contributed by atoms with van der Waals surface area (Å²) in [6.45, 7) is 22.0. The number of rotatable bonds is 3. The van der Waals surface area contributed by atoms with Crippen LogP contribution in [0.3, 0.4) is 0 Å². The van der Waals surface area contributed by atoms with Crippen molar-refractivity contribution in [1.29, 1.82) is 0 Å². The van der Waals surface area contributed by atoms with E-state index >= 15 is 0 Å². The van der Waals surface area contributed by atoms with Gasteiger partial charge in [0.2, 0.25) is 0 Å². The van der Waals surface area contributed by atoms with E-state index in [0.717, 1.165) is 12.7 Å². The SMILES string of the molecule is CC[N][C](C)[N]C(C)(C)C.C[C]1[C](C)[C](C)[C](C)[C]1C.[Cl][Zr+2][Cl]. The zero-order chi connectivity index (χ0) is 18.8. The second-order valence-corrected chi connectivity index (χ2v) is 10.2. The zero-order valence-corrected chi connectivity index (χ0v) is 20.3. The van der Waals surface area contributed by atoms with Gasteiger partial charge in [-0.05, 0) is 57.3 Å². The topological polar surface area (TPSA) is 28.2 Å². The molecule has 0 aromatic heterocycles. The summed E-state index contributed by atoms with van der Waals surface area (Å²) in [5.74, 6) is 7.34. The molecule has 0 aromatic rings. The van der Waals surface area contributed by atoms with Crippen LogP contribution >= 0.6 is 17.0 Å². The maximum absolute atomic E-state index is 4.93. The van der Waals surface area contributed by atoms with Gasteiger partial charge in [0.1, 0.15) is 6.17 Å². The summed E-state index contributed by atoms with van der Waals surface area (Å²) in [5, 5.41) is 8.51. The first-order valence-corrected chi connectivity index (χ1v) is 14.2. The van der Waals surface area contributed by atoms with Gasteiger partial charge in [0.25, 0.3) is 0 Å². The van der Waals surface area contributed by atoms with Crippen molar-refractivity contribution in [3.63, 3.8) is 0 Å². The molecule has 0 aliphatic heterocycles. The van der Waals surface area contributed by atoms with Crippen molar-refractivity contribution in [3.8, 4) is 0 Å². The molecule has 0 aromatic carbocycles. The van der Waals surface area contributed by atoms with Crippen molar-refractivity contribution in [2.45, 2.75) is 74.8 Å². The Morgan fingerprint density at radius 3 is 1.30 bits per heavy atom. The minimum absolute atomic E-state index is 0.0166. The van der Waals surface area contributed by atoms with Crippen molar-refractivity contribution in [1.82, 2.24) is 10.6 Å². The molecule has 23 heavy (non-hydrogen) atoms. The van der Waals surface area contributed by atoms with Gasteiger partial charge in [0.05, 0.1) is 0 Å². The van der Waals surface area contributed by atoms with Crippen LogP contribution in [0.2, 0.25) is 0 Å². The monoisotopic (exact) mass is 436 g/mol. The van der Waals surface area contributed by atoms with Crippen LogP contribution in [0.5, 0.6) is 0 Å². The summed E-state index contributed by atoms with van der Waals surface area (Å²) in [6, 6.07) is 0. The van der Waals surface area contributed by atoms with Crippen molar-refractivity contribution in [2.75, 3.05) is 6.54 Å². The average molecular weight is 439 g/mol. The Bertz CT molecular complexity index is 240. The molecule has 0 spiro atoms. The Morgan fingerprint density at radius 1 is 0.870 bits per heavy atom. The van der Waals surface area contributed by atoms with Crippen LogP contribution in [0.4, 0.5) is 0 Å². The van der Waals surface area contributed by atoms with E-state index in [-0.39, 0.29) is 5.54 Å². The predicted octanol–water partition coefficient (Wildman–Crippen LogP) is 5.87. The van der Waals surface area contributed by atoms with E-state index in [0.29, 0.717) is 0 Å². The first-order chi connectivity index (χ1) is 10.4. The summed E-state index contributed by atoms with van der Waals surface area (Å²) in [6.07, 6.45) is 0.898. The summed E-state index contributed by atoms with van der Waals surface area (Å²) in [7, 11) is 9.87. The fourth-order valence-corrected chi connectivity index (χ4v) is 2.16. The first-order valence-electron chi connectivity index (χ1n) is 7.82. The molecule has 0 amide bonds. The summed E-state index contributed by atoms with van der Waals surface area (Å²) in [5.41, 5.74) is 0.0166. The van der Waals surface area contributed by atoms with Crippen LogP contribution in [0.25, 0.3) is 0 Å². The molecule has 5 heteroatoms. The molecular formula is C18H32Cl2N2Zr+2. The van der Waals surface area contributed by atoms with E-state index in [4.69, 9.17) is 17.0 Å². The fourth-order valence-electron chi connectivity index (χ4n) is 2.16. The third-order valence-corrected chi connectivity index (χ3v) is 3.70. The molecule has 0 saturated heterocycles. The van der Waals surface area contributed by atoms with E-state index in [9.17, 15) is 0 Å². The van der Waals surface area contributed by atoms with Crippen molar-refractivity contribution >= 4 is 17.0 Å². The van der Waals surface area contributed by atoms with Crippen LogP contribution < -0.4 is 10.6 Å². The molecule has 1 aliphatic rings. The predicted molar refractivity (Wildman–Crippen MR) is 99.8 cm³/mol. The molecule has 1 aliphatic carbocycles. The molecular weight excluding hydrogens is 406 g/mol. The first kappa shape index (κ1) is 26.6. The van der Waals surface area contributed by atoms with Gasteiger partial charge in [0.15, 0.2) is 0 Å². The maximum atomic E-state index is 4.93. The standard InChI is InChI=1S/C10H15.C8H17N2.2ClH.Zr/c1-6-7(2)9(4)10(5)8(6)3;1-6-9-7(2)10-8(3,4)5;;;/h1-5H3;6H2,1-5H3;2*1H;/q;;;;+4/p-2. The number of hydrogen-bond donors (Lipinski definition) is 0. The van der Waals surface area contributed by atoms with Crippen LogP contribution in [0.1, 0.15) is 69.2 Å². The van der Waals surface area contributed by atoms with Gasteiger partial charge >= 0.3 is 37.9 Å². The molecule has 2 nitrogen and oxygen atoms in total. The Morgan fingerprint density at radius 2 is 1.13 bits per heavy atom. The summed E-state index contributed by atoms with van der Waals surface area (Å²) < 4.78 is 0. The van der Waals surface area contributed by atoms with Crippen LogP contribution in [-0.4, -0.2) is 12.1 Å². The fraction of sp³-hybridized carbons (Fsp3) is 0.667. The molecule has 1 rings (SSSR count). The normalized spacial score (nSPS) is 18.3. The second-order valence-electron chi connectivity index (χ2n) is 6.50. The molecule has 0 atom stereocenters. The summed E-state index contributed by atoms with van der Waals surface area (Å²) >= 11 is -0.826. The molecule has 0 heterocycles. The van der Waals surface area contributed by atoms with Gasteiger partial charge < -0.3 is 0 Å². The Kier molecular flexibility index (Phi) is 15.7. The third-order valence-electron chi connectivity index (χ3n) is 3.70. The average Bonchev–Trinajstić information content (AvgIpc) is 2.57. The van der Waals surface area contributed by atoms with Gasteiger partial charge in [0, 0.05) is 12.1 Å². The van der Waals surface area contributed by atoms with Crippen molar-refractivity contribution in [3.05, 3.63) is 35.8 Å². The van der Waals surface area contributed by atoms with Crippen LogP contribution in [-0.2, 0) is 20.8 Å². The van der Waals surface area contributed by atoms with E-state index < -0.39 is 20.8 Å². The van der Waals surface area contributed by atoms with Crippen LogP contribution in [0, 0.1) is 35.8 Å². The zero-order valence-electron chi connectivity index (χ0n) is 16.4. The third kappa shape index (κ3) is 12.4. The number of halogens is 2. The van der Waals surface area contributed by atoms with Gasteiger partial charge in [-0.3, -0.25) is 0 Å². The molecule has 1 saturated carbocycles. The quantitative estimate of drug-likeness (QED) is 0.527. The molecule has 0 unspecified atom stereocenters. The Labute approximate surface area is 164 Å². The molecule has 8 radical (unpaired) electrons. The van der Waals surface area contributed by atoms with Crippen molar-refractivity contribution < 1.29 is 20.8 Å². The molecule has 130 valence electrons. The number of nitrogens with zero attached hydrogens (tertiary/aromatic N) is 2. The van der Waals surface area contributed by atoms with E-state index in [2.05, 4.69) is 66.0 Å². The van der Waals surface area contributed by atoms with Crippen LogP contribution in [0.15, 0.2) is 0 Å². The second kappa shape index (κ2) is 13.6. The minimum atomic E-state index is -0.826. The van der Waals surface area contributed by atoms with E-state index in [1.54, 1.807) is 0 Å². The Hall–Kier alpha value is 1.38. The van der Waals surface area contributed by atoms with Gasteiger partial charge in [-0.1, -0.05) is 41.5 Å². The number of hydrogen-bond acceptors (Lipinski definition) is 0. The van der Waals surface area contributed by atoms with Gasteiger partial charge in [-0.2, -0.15) is 0 Å². The molecule has 0 N–H and O–H groups in total. The van der Waals surface area contributed by atoms with E-state index in [1.807, 2.05) is 13.8 Å².